The van der Waals surface area contributed by atoms with Crippen molar-refractivity contribution in [1.29, 1.82) is 0 Å². The number of rotatable bonds is 3. The van der Waals surface area contributed by atoms with Crippen LogP contribution in [-0.4, -0.2) is 14.9 Å². The molecule has 0 aromatic carbocycles. The molecule has 1 rings (SSSR count). The Labute approximate surface area is 92.1 Å². The summed E-state index contributed by atoms with van der Waals surface area (Å²) in [5, 5.41) is 14.5. The first-order valence-corrected chi connectivity index (χ1v) is 5.70. The molecule has 0 aliphatic carbocycles. The van der Waals surface area contributed by atoms with Gasteiger partial charge in [-0.15, -0.1) is 0 Å². The van der Waals surface area contributed by atoms with E-state index in [1.165, 1.54) is 0 Å². The molecule has 15 heavy (non-hydrogen) atoms. The van der Waals surface area contributed by atoms with Crippen LogP contribution in [0.15, 0.2) is 0 Å². The predicted octanol–water partition coefficient (Wildman–Crippen LogP) is 2.86. The molecule has 0 fully saturated rings. The first-order valence-electron chi connectivity index (χ1n) is 5.70. The summed E-state index contributed by atoms with van der Waals surface area (Å²) in [6.45, 7) is 11.2. The molecule has 1 N–H and O–H groups in total. The van der Waals surface area contributed by atoms with Crippen molar-refractivity contribution in [2.45, 2.75) is 59.4 Å². The van der Waals surface area contributed by atoms with Gasteiger partial charge in [0.25, 0.3) is 0 Å². The van der Waals surface area contributed by atoms with Gasteiger partial charge in [0.05, 0.1) is 5.69 Å². The van der Waals surface area contributed by atoms with Gasteiger partial charge < -0.3 is 5.11 Å². The number of hydrogen-bond donors (Lipinski definition) is 1. The zero-order valence-corrected chi connectivity index (χ0v) is 10.5. The third-order valence-corrected chi connectivity index (χ3v) is 2.53. The summed E-state index contributed by atoms with van der Waals surface area (Å²) in [7, 11) is 0. The predicted molar refractivity (Wildman–Crippen MR) is 62.3 cm³/mol. The number of nitrogens with zero attached hydrogens (tertiary/aromatic N) is 2. The monoisotopic (exact) mass is 210 g/mol. The molecule has 1 aromatic heterocycles. The van der Waals surface area contributed by atoms with Crippen molar-refractivity contribution in [2.75, 3.05) is 0 Å². The van der Waals surface area contributed by atoms with Gasteiger partial charge in [-0.2, -0.15) is 5.10 Å². The van der Waals surface area contributed by atoms with Crippen LogP contribution in [0.2, 0.25) is 0 Å². The van der Waals surface area contributed by atoms with Gasteiger partial charge in [-0.25, -0.2) is 4.68 Å². The summed E-state index contributed by atoms with van der Waals surface area (Å²) < 4.78 is 1.69. The van der Waals surface area contributed by atoms with Crippen LogP contribution >= 0.6 is 0 Å². The first-order chi connectivity index (χ1) is 6.91. The fourth-order valence-electron chi connectivity index (χ4n) is 1.79. The van der Waals surface area contributed by atoms with Gasteiger partial charge in [0.2, 0.25) is 5.88 Å². The molecule has 0 unspecified atom stereocenters. The average molecular weight is 210 g/mol. The Morgan fingerprint density at radius 1 is 1.27 bits per heavy atom. The number of aromatic hydroxyl groups is 1. The maximum atomic E-state index is 10.0. The van der Waals surface area contributed by atoms with Crippen LogP contribution < -0.4 is 0 Å². The van der Waals surface area contributed by atoms with Crippen molar-refractivity contribution < 1.29 is 5.11 Å². The minimum atomic E-state index is 0.00238. The third kappa shape index (κ3) is 2.33. The molecule has 0 spiro atoms. The molecular formula is C12H22N2O. The van der Waals surface area contributed by atoms with Crippen LogP contribution in [0.5, 0.6) is 5.88 Å². The van der Waals surface area contributed by atoms with Crippen molar-refractivity contribution in [1.82, 2.24) is 9.78 Å². The fourth-order valence-corrected chi connectivity index (χ4v) is 1.79. The number of hydrogen-bond acceptors (Lipinski definition) is 2. The van der Waals surface area contributed by atoms with E-state index < -0.39 is 0 Å². The van der Waals surface area contributed by atoms with E-state index in [-0.39, 0.29) is 5.41 Å². The molecule has 0 aliphatic rings. The van der Waals surface area contributed by atoms with Gasteiger partial charge in [0.15, 0.2) is 0 Å². The second kappa shape index (κ2) is 4.25. The van der Waals surface area contributed by atoms with Gasteiger partial charge in [-0.05, 0) is 13.3 Å². The molecule has 0 saturated heterocycles. The molecular weight excluding hydrogens is 188 g/mol. The summed E-state index contributed by atoms with van der Waals surface area (Å²) in [6.07, 6.45) is 1.94. The van der Waals surface area contributed by atoms with E-state index in [1.807, 2.05) is 6.92 Å². The molecule has 0 saturated carbocycles. The fraction of sp³-hybridized carbons (Fsp3) is 0.750. The highest BCUT2D eigenvalue weighted by Gasteiger charge is 2.25. The van der Waals surface area contributed by atoms with E-state index >= 15 is 0 Å². The van der Waals surface area contributed by atoms with Crippen molar-refractivity contribution in [3.8, 4) is 5.88 Å². The maximum Gasteiger partial charge on any atom is 0.212 e. The highest BCUT2D eigenvalue weighted by Crippen LogP contribution is 2.31. The largest absolute Gasteiger partial charge is 0.493 e. The lowest BCUT2D eigenvalue weighted by atomic mass is 9.88. The van der Waals surface area contributed by atoms with Crippen molar-refractivity contribution in [2.24, 2.45) is 0 Å². The summed E-state index contributed by atoms with van der Waals surface area (Å²) >= 11 is 0. The van der Waals surface area contributed by atoms with Crippen LogP contribution in [0.4, 0.5) is 0 Å². The molecule has 0 bridgehead atoms. The van der Waals surface area contributed by atoms with Crippen LogP contribution in [0.25, 0.3) is 0 Å². The molecule has 0 radical (unpaired) electrons. The lowest BCUT2D eigenvalue weighted by Gasteiger charge is -2.16. The Morgan fingerprint density at radius 2 is 1.87 bits per heavy atom. The summed E-state index contributed by atoms with van der Waals surface area (Å²) in [5.41, 5.74) is 2.05. The topological polar surface area (TPSA) is 38.0 Å². The normalized spacial score (nSPS) is 12.1. The Bertz CT molecular complexity index is 334. The SMILES string of the molecule is CCCc1c(C(C)(C)C)nn(CC)c1O. The maximum absolute atomic E-state index is 10.0. The first kappa shape index (κ1) is 12.1. The van der Waals surface area contributed by atoms with Crippen LogP contribution in [0.1, 0.15) is 52.3 Å². The van der Waals surface area contributed by atoms with E-state index in [1.54, 1.807) is 4.68 Å². The van der Waals surface area contributed by atoms with Gasteiger partial charge in [-0.3, -0.25) is 0 Å². The second-order valence-electron chi connectivity index (χ2n) is 4.97. The van der Waals surface area contributed by atoms with Crippen molar-refractivity contribution >= 4 is 0 Å². The van der Waals surface area contributed by atoms with Crippen LogP contribution in [-0.2, 0) is 18.4 Å². The van der Waals surface area contributed by atoms with Gasteiger partial charge >= 0.3 is 0 Å². The van der Waals surface area contributed by atoms with E-state index in [0.717, 1.165) is 30.6 Å². The third-order valence-electron chi connectivity index (χ3n) is 2.53. The standard InChI is InChI=1S/C12H22N2O/c1-6-8-9-10(12(3,4)5)13-14(7-2)11(9)15/h15H,6-8H2,1-5H3. The molecule has 86 valence electrons. The molecule has 3 nitrogen and oxygen atoms in total. The van der Waals surface area contributed by atoms with E-state index in [2.05, 4.69) is 32.8 Å². The Kier molecular flexibility index (Phi) is 3.42. The minimum Gasteiger partial charge on any atom is -0.493 e. The van der Waals surface area contributed by atoms with Crippen molar-refractivity contribution in [3.63, 3.8) is 0 Å². The minimum absolute atomic E-state index is 0.00238. The lowest BCUT2D eigenvalue weighted by Crippen LogP contribution is -2.15. The molecule has 1 heterocycles. The molecule has 3 heteroatoms. The van der Waals surface area contributed by atoms with Gasteiger partial charge in [-0.1, -0.05) is 34.1 Å². The van der Waals surface area contributed by atoms with E-state index in [4.69, 9.17) is 0 Å². The van der Waals surface area contributed by atoms with Gasteiger partial charge in [0, 0.05) is 17.5 Å². The number of aryl methyl sites for hydroxylation is 1. The number of aromatic nitrogens is 2. The average Bonchev–Trinajstić information content (AvgIpc) is 2.44. The molecule has 0 amide bonds. The Morgan fingerprint density at radius 3 is 2.27 bits per heavy atom. The highest BCUT2D eigenvalue weighted by molar-refractivity contribution is 5.34. The quantitative estimate of drug-likeness (QED) is 0.833. The lowest BCUT2D eigenvalue weighted by molar-refractivity contribution is 0.399. The van der Waals surface area contributed by atoms with Crippen molar-refractivity contribution in [3.05, 3.63) is 11.3 Å². The molecule has 0 aliphatic heterocycles. The second-order valence-corrected chi connectivity index (χ2v) is 4.97. The summed E-state index contributed by atoms with van der Waals surface area (Å²) in [6, 6.07) is 0. The smallest absolute Gasteiger partial charge is 0.212 e. The van der Waals surface area contributed by atoms with Crippen LogP contribution in [0.3, 0.4) is 0 Å². The van der Waals surface area contributed by atoms with E-state index in [9.17, 15) is 5.11 Å². The summed E-state index contributed by atoms with van der Waals surface area (Å²) in [4.78, 5) is 0. The Hall–Kier alpha value is -0.990. The zero-order valence-electron chi connectivity index (χ0n) is 10.5. The summed E-state index contributed by atoms with van der Waals surface area (Å²) in [5.74, 6) is 0.351. The highest BCUT2D eigenvalue weighted by atomic mass is 16.3. The van der Waals surface area contributed by atoms with E-state index in [0.29, 0.717) is 5.88 Å². The Balaban J connectivity index is 3.25. The van der Waals surface area contributed by atoms with Crippen LogP contribution in [0, 0.1) is 0 Å². The zero-order chi connectivity index (χ0) is 11.6. The molecule has 1 aromatic rings. The van der Waals surface area contributed by atoms with Gasteiger partial charge in [0.1, 0.15) is 0 Å². The molecule has 0 atom stereocenters.